The zero-order valence-corrected chi connectivity index (χ0v) is 13.9. The second-order valence-corrected chi connectivity index (χ2v) is 6.81. The summed E-state index contributed by atoms with van der Waals surface area (Å²) in [6.45, 7) is 1.39. The van der Waals surface area contributed by atoms with Crippen LogP contribution in [-0.2, 0) is 11.2 Å². The van der Waals surface area contributed by atoms with E-state index in [-0.39, 0.29) is 52.0 Å². The highest BCUT2D eigenvalue weighted by Gasteiger charge is 2.41. The van der Waals surface area contributed by atoms with Crippen LogP contribution in [0.4, 0.5) is 0 Å². The molecule has 2 aliphatic carbocycles. The summed E-state index contributed by atoms with van der Waals surface area (Å²) < 4.78 is 0. The molecule has 0 fully saturated rings. The van der Waals surface area contributed by atoms with Gasteiger partial charge in [-0.15, -0.1) is 0 Å². The fourth-order valence-electron chi connectivity index (χ4n) is 3.98. The third-order valence-electron chi connectivity index (χ3n) is 5.33. The van der Waals surface area contributed by atoms with Gasteiger partial charge in [-0.3, -0.25) is 14.4 Å². The Bertz CT molecular complexity index is 1000. The Labute approximate surface area is 148 Å². The number of phenols is 2. The van der Waals surface area contributed by atoms with Gasteiger partial charge in [-0.1, -0.05) is 24.3 Å². The van der Waals surface area contributed by atoms with E-state index in [1.807, 2.05) is 0 Å². The van der Waals surface area contributed by atoms with E-state index in [1.165, 1.54) is 19.1 Å². The monoisotopic (exact) mass is 352 g/mol. The molecule has 0 aliphatic heterocycles. The van der Waals surface area contributed by atoms with Gasteiger partial charge in [0.2, 0.25) is 0 Å². The van der Waals surface area contributed by atoms with Crippen LogP contribution in [-0.4, -0.2) is 32.7 Å². The molecular formula is C20H16O6. The van der Waals surface area contributed by atoms with E-state index in [0.717, 1.165) is 0 Å². The number of phenolic OH excluding ortho intramolecular Hbond substituents is 2. The molecule has 2 aromatic carbocycles. The van der Waals surface area contributed by atoms with Crippen molar-refractivity contribution in [1.82, 2.24) is 0 Å². The average Bonchev–Trinajstić information content (AvgIpc) is 2.62. The lowest BCUT2D eigenvalue weighted by molar-refractivity contribution is -0.122. The molecule has 2 aromatic rings. The molecule has 3 N–H and O–H groups in total. The van der Waals surface area contributed by atoms with Gasteiger partial charge in [0.05, 0.1) is 17.2 Å². The number of ketones is 3. The number of carbonyl (C=O) groups is 3. The summed E-state index contributed by atoms with van der Waals surface area (Å²) in [5.74, 6) is -2.75. The van der Waals surface area contributed by atoms with Crippen molar-refractivity contribution >= 4 is 17.3 Å². The SMILES string of the molecule is CC(=O)[C@H]1Cc2c(O)c3c(c(O)c2[C@H](O)C1)C(=O)c1ccccc1C3=O. The molecule has 0 aromatic heterocycles. The summed E-state index contributed by atoms with van der Waals surface area (Å²) in [5.41, 5.74) is -0.0719. The largest absolute Gasteiger partial charge is 0.507 e. The van der Waals surface area contributed by atoms with E-state index < -0.39 is 35.1 Å². The molecule has 132 valence electrons. The third kappa shape index (κ3) is 2.05. The molecule has 0 unspecified atom stereocenters. The first-order valence-electron chi connectivity index (χ1n) is 8.30. The van der Waals surface area contributed by atoms with Gasteiger partial charge in [0, 0.05) is 28.2 Å². The maximum atomic E-state index is 12.9. The normalized spacial score (nSPS) is 21.0. The van der Waals surface area contributed by atoms with Crippen molar-refractivity contribution < 1.29 is 29.7 Å². The molecule has 2 aliphatic rings. The number of fused-ring (bicyclic) bond motifs is 3. The van der Waals surface area contributed by atoms with Gasteiger partial charge >= 0.3 is 0 Å². The molecule has 4 rings (SSSR count). The van der Waals surface area contributed by atoms with Gasteiger partial charge in [-0.2, -0.15) is 0 Å². The summed E-state index contributed by atoms with van der Waals surface area (Å²) >= 11 is 0. The van der Waals surface area contributed by atoms with E-state index in [2.05, 4.69) is 0 Å². The fraction of sp³-hybridized carbons (Fsp3) is 0.250. The molecule has 26 heavy (non-hydrogen) atoms. The number of Topliss-reactive ketones (excluding diaryl/α,β-unsaturated/α-hetero) is 1. The number of hydrogen-bond acceptors (Lipinski definition) is 6. The van der Waals surface area contributed by atoms with Crippen molar-refractivity contribution in [2.24, 2.45) is 5.92 Å². The number of hydrogen-bond donors (Lipinski definition) is 3. The Kier molecular flexibility index (Phi) is 3.49. The standard InChI is InChI=1S/C20H16O6/c1-8(21)9-6-12-14(13(22)7-9)20(26)16-15(19(12)25)17(23)10-4-2-3-5-11(10)18(16)24/h2-5,9,13,22,25-26H,6-7H2,1H3/t9-,13+/m0/s1. The molecular weight excluding hydrogens is 336 g/mol. The predicted octanol–water partition coefficient (Wildman–Crippen LogP) is 2.06. The Morgan fingerprint density at radius 3 is 2.08 bits per heavy atom. The van der Waals surface area contributed by atoms with Crippen molar-refractivity contribution in [2.75, 3.05) is 0 Å². The average molecular weight is 352 g/mol. The van der Waals surface area contributed by atoms with Crippen molar-refractivity contribution in [3.63, 3.8) is 0 Å². The van der Waals surface area contributed by atoms with Crippen molar-refractivity contribution in [1.29, 1.82) is 0 Å². The highest BCUT2D eigenvalue weighted by Crippen LogP contribution is 2.49. The lowest BCUT2D eigenvalue weighted by atomic mass is 9.74. The molecule has 6 heteroatoms. The molecule has 0 spiro atoms. The van der Waals surface area contributed by atoms with E-state index >= 15 is 0 Å². The van der Waals surface area contributed by atoms with Crippen LogP contribution in [0.25, 0.3) is 0 Å². The molecule has 0 radical (unpaired) electrons. The van der Waals surface area contributed by atoms with Gasteiger partial charge in [0.25, 0.3) is 0 Å². The number of rotatable bonds is 1. The van der Waals surface area contributed by atoms with Crippen LogP contribution in [0.3, 0.4) is 0 Å². The maximum absolute atomic E-state index is 12.9. The van der Waals surface area contributed by atoms with Crippen LogP contribution in [0.2, 0.25) is 0 Å². The fourth-order valence-corrected chi connectivity index (χ4v) is 3.98. The molecule has 0 bridgehead atoms. The number of benzene rings is 2. The van der Waals surface area contributed by atoms with Gasteiger partial charge < -0.3 is 15.3 Å². The lowest BCUT2D eigenvalue weighted by Gasteiger charge is -2.31. The quantitative estimate of drug-likeness (QED) is 0.578. The number of aliphatic hydroxyl groups is 1. The molecule has 0 saturated heterocycles. The molecule has 0 amide bonds. The first-order chi connectivity index (χ1) is 12.3. The summed E-state index contributed by atoms with van der Waals surface area (Å²) in [5, 5.41) is 31.8. The van der Waals surface area contributed by atoms with Crippen LogP contribution in [0.15, 0.2) is 24.3 Å². The second-order valence-electron chi connectivity index (χ2n) is 6.81. The number of carbonyl (C=O) groups excluding carboxylic acids is 3. The van der Waals surface area contributed by atoms with Gasteiger partial charge in [0.15, 0.2) is 11.6 Å². The third-order valence-corrected chi connectivity index (χ3v) is 5.33. The second kappa shape index (κ2) is 5.51. The minimum Gasteiger partial charge on any atom is -0.507 e. The zero-order chi connectivity index (χ0) is 18.7. The van der Waals surface area contributed by atoms with Crippen LogP contribution in [0.5, 0.6) is 11.5 Å². The Morgan fingerprint density at radius 2 is 1.54 bits per heavy atom. The topological polar surface area (TPSA) is 112 Å². The lowest BCUT2D eigenvalue weighted by Crippen LogP contribution is -2.27. The van der Waals surface area contributed by atoms with Crippen LogP contribution < -0.4 is 0 Å². The summed E-state index contributed by atoms with van der Waals surface area (Å²) in [7, 11) is 0. The van der Waals surface area contributed by atoms with Crippen molar-refractivity contribution in [2.45, 2.75) is 25.9 Å². The van der Waals surface area contributed by atoms with E-state index in [1.54, 1.807) is 12.1 Å². The molecule has 6 nitrogen and oxygen atoms in total. The van der Waals surface area contributed by atoms with E-state index in [0.29, 0.717) is 0 Å². The summed E-state index contributed by atoms with van der Waals surface area (Å²) in [6.07, 6.45) is -1.02. The molecule has 2 atom stereocenters. The number of aromatic hydroxyl groups is 2. The smallest absolute Gasteiger partial charge is 0.198 e. The molecule has 0 heterocycles. The summed E-state index contributed by atoms with van der Waals surface area (Å²) in [6, 6.07) is 6.19. The van der Waals surface area contributed by atoms with Gasteiger partial charge in [-0.05, 0) is 19.8 Å². The predicted molar refractivity (Wildman–Crippen MR) is 90.5 cm³/mol. The Hall–Kier alpha value is -2.99. The minimum absolute atomic E-state index is 0.0271. The van der Waals surface area contributed by atoms with E-state index in [4.69, 9.17) is 0 Å². The van der Waals surface area contributed by atoms with Gasteiger partial charge in [0.1, 0.15) is 17.3 Å². The summed E-state index contributed by atoms with van der Waals surface area (Å²) in [4.78, 5) is 37.4. The van der Waals surface area contributed by atoms with Gasteiger partial charge in [-0.25, -0.2) is 0 Å². The first kappa shape index (κ1) is 16.5. The number of aliphatic hydroxyl groups excluding tert-OH is 1. The first-order valence-corrected chi connectivity index (χ1v) is 8.30. The molecule has 0 saturated carbocycles. The Morgan fingerprint density at radius 1 is 1.00 bits per heavy atom. The minimum atomic E-state index is -1.20. The highest BCUT2D eigenvalue weighted by molar-refractivity contribution is 6.30. The highest BCUT2D eigenvalue weighted by atomic mass is 16.3. The maximum Gasteiger partial charge on any atom is 0.198 e. The van der Waals surface area contributed by atoms with Crippen molar-refractivity contribution in [3.8, 4) is 11.5 Å². The van der Waals surface area contributed by atoms with E-state index in [9.17, 15) is 29.7 Å². The van der Waals surface area contributed by atoms with Crippen LogP contribution >= 0.6 is 0 Å². The Balaban J connectivity index is 2.02. The van der Waals surface area contributed by atoms with Crippen LogP contribution in [0.1, 0.15) is 62.4 Å². The zero-order valence-electron chi connectivity index (χ0n) is 13.9. The van der Waals surface area contributed by atoms with Crippen LogP contribution in [0, 0.1) is 5.92 Å². The van der Waals surface area contributed by atoms with Crippen molar-refractivity contribution in [3.05, 3.63) is 57.6 Å².